The third kappa shape index (κ3) is 2.95. The van der Waals surface area contributed by atoms with E-state index in [2.05, 4.69) is 83.9 Å². The molecule has 0 fully saturated rings. The lowest BCUT2D eigenvalue weighted by atomic mass is 9.83. The van der Waals surface area contributed by atoms with Gasteiger partial charge in [0.1, 0.15) is 12.4 Å². The van der Waals surface area contributed by atoms with Crippen LogP contribution in [-0.2, 0) is 0 Å². The van der Waals surface area contributed by atoms with Crippen LogP contribution < -0.4 is 5.32 Å². The summed E-state index contributed by atoms with van der Waals surface area (Å²) in [4.78, 5) is 4.47. The van der Waals surface area contributed by atoms with Crippen molar-refractivity contribution < 1.29 is 0 Å². The van der Waals surface area contributed by atoms with Crippen LogP contribution in [0.2, 0.25) is 0 Å². The monoisotopic (exact) mass is 368 g/mol. The Bertz CT molecular complexity index is 1070. The highest BCUT2D eigenvalue weighted by Gasteiger charge is 2.33. The number of aryl methyl sites for hydroxylation is 2. The largest absolute Gasteiger partial charge is 0.324 e. The molecule has 0 unspecified atom stereocenters. The molecule has 5 rings (SSSR count). The lowest BCUT2D eigenvalue weighted by Crippen LogP contribution is -2.28. The van der Waals surface area contributed by atoms with E-state index < -0.39 is 0 Å². The second-order valence-electron chi connectivity index (χ2n) is 7.80. The standard InChI is InChI=1S/C24H24N4/c1-16-6-10-18(11-7-16)14-20-4-3-5-21-22(20)27-24-25-15-26-28(24)23(21)19-12-8-17(2)9-13-19/h6-15,23H,3-5H2,1-2H3,(H,25,26,27)/b20-14-/t23-/m1/s1. The van der Waals surface area contributed by atoms with Gasteiger partial charge in [-0.05, 0) is 61.5 Å². The maximum atomic E-state index is 4.54. The summed E-state index contributed by atoms with van der Waals surface area (Å²) in [6, 6.07) is 17.6. The summed E-state index contributed by atoms with van der Waals surface area (Å²) < 4.78 is 2.03. The summed E-state index contributed by atoms with van der Waals surface area (Å²) in [6.45, 7) is 4.25. The van der Waals surface area contributed by atoms with E-state index in [1.807, 2.05) is 4.68 Å². The third-order valence-corrected chi connectivity index (χ3v) is 5.73. The number of rotatable bonds is 2. The number of benzene rings is 2. The average Bonchev–Trinajstić information content (AvgIpc) is 3.17. The van der Waals surface area contributed by atoms with Gasteiger partial charge in [0, 0.05) is 5.70 Å². The first-order valence-electron chi connectivity index (χ1n) is 9.93. The normalized spacial score (nSPS) is 19.9. The van der Waals surface area contributed by atoms with E-state index in [1.54, 1.807) is 6.33 Å². The minimum absolute atomic E-state index is 0.107. The molecule has 4 heteroatoms. The Morgan fingerprint density at radius 2 is 1.68 bits per heavy atom. The summed E-state index contributed by atoms with van der Waals surface area (Å²) in [5.41, 5.74) is 9.07. The van der Waals surface area contributed by atoms with Crippen molar-refractivity contribution in [1.29, 1.82) is 0 Å². The summed E-state index contributed by atoms with van der Waals surface area (Å²) in [5.74, 6) is 0.820. The first-order chi connectivity index (χ1) is 13.7. The predicted octanol–water partition coefficient (Wildman–Crippen LogP) is 5.43. The molecule has 0 amide bonds. The van der Waals surface area contributed by atoms with Gasteiger partial charge >= 0.3 is 0 Å². The van der Waals surface area contributed by atoms with Crippen molar-refractivity contribution in [2.24, 2.45) is 0 Å². The van der Waals surface area contributed by atoms with Crippen molar-refractivity contribution >= 4 is 12.0 Å². The molecule has 0 spiro atoms. The Morgan fingerprint density at radius 1 is 0.964 bits per heavy atom. The lowest BCUT2D eigenvalue weighted by Gasteiger charge is -2.34. The van der Waals surface area contributed by atoms with Gasteiger partial charge in [-0.3, -0.25) is 0 Å². The van der Waals surface area contributed by atoms with E-state index in [1.165, 1.54) is 39.1 Å². The summed E-state index contributed by atoms with van der Waals surface area (Å²) in [6.07, 6.45) is 7.27. The zero-order valence-electron chi connectivity index (χ0n) is 16.3. The van der Waals surface area contributed by atoms with Crippen LogP contribution in [0.15, 0.2) is 71.7 Å². The molecule has 1 aliphatic heterocycles. The van der Waals surface area contributed by atoms with Crippen molar-refractivity contribution in [3.8, 4) is 0 Å². The molecule has 0 radical (unpaired) electrons. The smallest absolute Gasteiger partial charge is 0.226 e. The molecule has 0 saturated carbocycles. The van der Waals surface area contributed by atoms with Gasteiger partial charge in [-0.1, -0.05) is 59.7 Å². The summed E-state index contributed by atoms with van der Waals surface area (Å²) in [5, 5.41) is 8.11. The number of nitrogens with one attached hydrogen (secondary N) is 1. The highest BCUT2D eigenvalue weighted by Crippen LogP contribution is 2.43. The SMILES string of the molecule is Cc1ccc(/C=C2/CCCC3=C2Nc2ncnn2[C@@H]3c2ccc(C)cc2)cc1. The molecule has 0 bridgehead atoms. The van der Waals surface area contributed by atoms with Gasteiger partial charge in [-0.15, -0.1) is 0 Å². The number of nitrogens with zero attached hydrogens (tertiary/aromatic N) is 3. The van der Waals surface area contributed by atoms with Crippen molar-refractivity contribution in [1.82, 2.24) is 14.8 Å². The Hall–Kier alpha value is -3.14. The summed E-state index contributed by atoms with van der Waals surface area (Å²) in [7, 11) is 0. The van der Waals surface area contributed by atoms with Crippen LogP contribution in [0.25, 0.3) is 6.08 Å². The molecule has 1 aliphatic carbocycles. The van der Waals surface area contributed by atoms with Gasteiger partial charge in [0.2, 0.25) is 5.95 Å². The van der Waals surface area contributed by atoms with Crippen molar-refractivity contribution in [3.63, 3.8) is 0 Å². The highest BCUT2D eigenvalue weighted by atomic mass is 15.4. The quantitative estimate of drug-likeness (QED) is 0.656. The fourth-order valence-electron chi connectivity index (χ4n) is 4.25. The molecular weight excluding hydrogens is 344 g/mol. The van der Waals surface area contributed by atoms with Crippen molar-refractivity contribution in [2.75, 3.05) is 5.32 Å². The molecular formula is C24H24N4. The van der Waals surface area contributed by atoms with Crippen LogP contribution in [-0.4, -0.2) is 14.8 Å². The van der Waals surface area contributed by atoms with Crippen LogP contribution in [0.1, 0.15) is 47.6 Å². The molecule has 1 atom stereocenters. The Labute approximate surface area is 165 Å². The van der Waals surface area contributed by atoms with E-state index in [9.17, 15) is 0 Å². The lowest BCUT2D eigenvalue weighted by molar-refractivity contribution is 0.538. The highest BCUT2D eigenvalue weighted by molar-refractivity contribution is 5.65. The Kier molecular flexibility index (Phi) is 4.12. The van der Waals surface area contributed by atoms with E-state index in [4.69, 9.17) is 0 Å². The van der Waals surface area contributed by atoms with Crippen LogP contribution in [0, 0.1) is 13.8 Å². The number of hydrogen-bond acceptors (Lipinski definition) is 3. The van der Waals surface area contributed by atoms with Crippen LogP contribution >= 0.6 is 0 Å². The first-order valence-corrected chi connectivity index (χ1v) is 9.93. The minimum atomic E-state index is 0.107. The molecule has 3 aromatic rings. The fourth-order valence-corrected chi connectivity index (χ4v) is 4.25. The molecule has 2 heterocycles. The second-order valence-corrected chi connectivity index (χ2v) is 7.80. The molecule has 2 aliphatic rings. The van der Waals surface area contributed by atoms with Gasteiger partial charge in [0.25, 0.3) is 0 Å². The molecule has 0 saturated heterocycles. The third-order valence-electron chi connectivity index (χ3n) is 5.73. The number of fused-ring (bicyclic) bond motifs is 1. The fraction of sp³-hybridized carbons (Fsp3) is 0.250. The van der Waals surface area contributed by atoms with Crippen LogP contribution in [0.5, 0.6) is 0 Å². The second kappa shape index (κ2) is 6.79. The number of hydrogen-bond donors (Lipinski definition) is 1. The van der Waals surface area contributed by atoms with E-state index >= 15 is 0 Å². The Balaban J connectivity index is 1.63. The van der Waals surface area contributed by atoms with Gasteiger partial charge < -0.3 is 5.32 Å². The minimum Gasteiger partial charge on any atom is -0.324 e. The number of anilines is 1. The Morgan fingerprint density at radius 3 is 2.43 bits per heavy atom. The molecule has 1 N–H and O–H groups in total. The van der Waals surface area contributed by atoms with Gasteiger partial charge in [-0.2, -0.15) is 10.1 Å². The number of allylic oxidation sites excluding steroid dienone is 2. The zero-order valence-corrected chi connectivity index (χ0v) is 16.3. The van der Waals surface area contributed by atoms with Gasteiger partial charge in [0.15, 0.2) is 0 Å². The van der Waals surface area contributed by atoms with E-state index in [0.717, 1.165) is 25.2 Å². The zero-order chi connectivity index (χ0) is 19.1. The summed E-state index contributed by atoms with van der Waals surface area (Å²) >= 11 is 0. The predicted molar refractivity (Wildman–Crippen MR) is 113 cm³/mol. The first kappa shape index (κ1) is 17.0. The maximum Gasteiger partial charge on any atom is 0.226 e. The molecule has 4 nitrogen and oxygen atoms in total. The van der Waals surface area contributed by atoms with Crippen molar-refractivity contribution in [3.05, 3.63) is 94.0 Å². The van der Waals surface area contributed by atoms with Crippen LogP contribution in [0.4, 0.5) is 5.95 Å². The topological polar surface area (TPSA) is 42.7 Å². The maximum absolute atomic E-state index is 4.54. The van der Waals surface area contributed by atoms with Crippen molar-refractivity contribution in [2.45, 2.75) is 39.2 Å². The van der Waals surface area contributed by atoms with E-state index in [0.29, 0.717) is 0 Å². The van der Waals surface area contributed by atoms with Gasteiger partial charge in [0.05, 0.1) is 0 Å². The number of aromatic nitrogens is 3. The van der Waals surface area contributed by atoms with E-state index in [-0.39, 0.29) is 6.04 Å². The molecule has 28 heavy (non-hydrogen) atoms. The van der Waals surface area contributed by atoms with Gasteiger partial charge in [-0.25, -0.2) is 4.68 Å². The van der Waals surface area contributed by atoms with Crippen LogP contribution in [0.3, 0.4) is 0 Å². The molecule has 140 valence electrons. The molecule has 2 aromatic carbocycles. The average molecular weight is 368 g/mol. The molecule has 1 aromatic heterocycles.